The molecule has 0 bridgehead atoms. The Morgan fingerprint density at radius 2 is 2.20 bits per heavy atom. The third-order valence-electron chi connectivity index (χ3n) is 3.86. The fourth-order valence-corrected chi connectivity index (χ4v) is 4.32. The van der Waals surface area contributed by atoms with E-state index in [1.165, 1.54) is 12.1 Å². The Morgan fingerprint density at radius 3 is 2.85 bits per heavy atom. The lowest BCUT2D eigenvalue weighted by atomic mass is 10.0. The molecule has 0 aliphatic carbocycles. The molecular formula is C15H22BrFN2S. The van der Waals surface area contributed by atoms with Crippen molar-refractivity contribution in [1.29, 1.82) is 0 Å². The molecule has 1 aromatic carbocycles. The van der Waals surface area contributed by atoms with Crippen LogP contribution >= 0.6 is 27.7 Å². The molecule has 0 radical (unpaired) electrons. The van der Waals surface area contributed by atoms with Crippen molar-refractivity contribution in [3.8, 4) is 0 Å². The van der Waals surface area contributed by atoms with E-state index in [4.69, 9.17) is 5.73 Å². The van der Waals surface area contributed by atoms with Gasteiger partial charge in [0.15, 0.2) is 0 Å². The van der Waals surface area contributed by atoms with E-state index >= 15 is 0 Å². The maximum absolute atomic E-state index is 13.2. The smallest absolute Gasteiger partial charge is 0.124 e. The summed E-state index contributed by atoms with van der Waals surface area (Å²) in [5.74, 6) is 0.895. The largest absolute Gasteiger partial charge is 0.329 e. The van der Waals surface area contributed by atoms with Crippen LogP contribution in [0.4, 0.5) is 4.39 Å². The maximum Gasteiger partial charge on any atom is 0.124 e. The standard InChI is InChI=1S/C15H22BrFN2S/c1-15(2)5-6-19(7-8-20-15)14(10-18)12-4-3-11(17)9-13(12)16/h3-4,9,14H,5-8,10,18H2,1-2H3. The van der Waals surface area contributed by atoms with Gasteiger partial charge in [0.1, 0.15) is 5.82 Å². The van der Waals surface area contributed by atoms with E-state index in [0.717, 1.165) is 35.3 Å². The topological polar surface area (TPSA) is 29.3 Å². The van der Waals surface area contributed by atoms with Crippen LogP contribution in [0.1, 0.15) is 31.9 Å². The Kier molecular flexibility index (Phi) is 5.51. The second-order valence-corrected chi connectivity index (χ2v) is 8.47. The number of rotatable bonds is 3. The van der Waals surface area contributed by atoms with E-state index in [-0.39, 0.29) is 11.9 Å². The molecule has 112 valence electrons. The third-order valence-corrected chi connectivity index (χ3v) is 5.92. The molecule has 2 nitrogen and oxygen atoms in total. The number of thioether (sulfide) groups is 1. The molecule has 0 aromatic heterocycles. The highest BCUT2D eigenvalue weighted by Crippen LogP contribution is 2.35. The molecule has 1 aromatic rings. The van der Waals surface area contributed by atoms with Crippen molar-refractivity contribution >= 4 is 27.7 Å². The predicted octanol–water partition coefficient (Wildman–Crippen LogP) is 3.81. The van der Waals surface area contributed by atoms with Crippen LogP contribution in [0.15, 0.2) is 22.7 Å². The maximum atomic E-state index is 13.2. The molecular weight excluding hydrogens is 339 g/mol. The molecule has 0 saturated carbocycles. The molecule has 1 atom stereocenters. The molecule has 2 N–H and O–H groups in total. The van der Waals surface area contributed by atoms with E-state index in [2.05, 4.69) is 34.7 Å². The average molecular weight is 361 g/mol. The molecule has 1 saturated heterocycles. The monoisotopic (exact) mass is 360 g/mol. The fourth-order valence-electron chi connectivity index (χ4n) is 2.59. The third kappa shape index (κ3) is 3.97. The molecule has 5 heteroatoms. The summed E-state index contributed by atoms with van der Waals surface area (Å²) in [7, 11) is 0. The number of nitrogens with two attached hydrogens (primary N) is 1. The van der Waals surface area contributed by atoms with Crippen molar-refractivity contribution in [1.82, 2.24) is 4.90 Å². The fraction of sp³-hybridized carbons (Fsp3) is 0.600. The van der Waals surface area contributed by atoms with Crippen LogP contribution < -0.4 is 5.73 Å². The van der Waals surface area contributed by atoms with Crippen LogP contribution in [0.5, 0.6) is 0 Å². The number of hydrogen-bond donors (Lipinski definition) is 1. The zero-order chi connectivity index (χ0) is 14.8. The van der Waals surface area contributed by atoms with Gasteiger partial charge in [0.25, 0.3) is 0 Å². The normalized spacial score (nSPS) is 21.4. The molecule has 1 unspecified atom stereocenters. The molecule has 20 heavy (non-hydrogen) atoms. The lowest BCUT2D eigenvalue weighted by molar-refractivity contribution is 0.210. The van der Waals surface area contributed by atoms with Gasteiger partial charge in [0, 0.05) is 40.6 Å². The quantitative estimate of drug-likeness (QED) is 0.888. The van der Waals surface area contributed by atoms with Crippen LogP contribution in [0.2, 0.25) is 0 Å². The minimum Gasteiger partial charge on any atom is -0.329 e. The minimum absolute atomic E-state index is 0.152. The Hall–Kier alpha value is -0.100. The summed E-state index contributed by atoms with van der Waals surface area (Å²) in [5.41, 5.74) is 7.08. The Morgan fingerprint density at radius 1 is 1.45 bits per heavy atom. The second kappa shape index (κ2) is 6.77. The summed E-state index contributed by atoms with van der Waals surface area (Å²) in [5, 5.41) is 0. The molecule has 1 aliphatic heterocycles. The summed E-state index contributed by atoms with van der Waals surface area (Å²) >= 11 is 5.49. The van der Waals surface area contributed by atoms with Gasteiger partial charge >= 0.3 is 0 Å². The minimum atomic E-state index is -0.219. The van der Waals surface area contributed by atoms with Crippen molar-refractivity contribution < 1.29 is 4.39 Å². The van der Waals surface area contributed by atoms with Crippen molar-refractivity contribution in [3.05, 3.63) is 34.1 Å². The highest BCUT2D eigenvalue weighted by Gasteiger charge is 2.28. The molecule has 1 heterocycles. The first-order valence-corrected chi connectivity index (χ1v) is 8.74. The Balaban J connectivity index is 2.19. The van der Waals surface area contributed by atoms with Gasteiger partial charge in [-0.15, -0.1) is 0 Å². The van der Waals surface area contributed by atoms with Crippen LogP contribution in [0, 0.1) is 5.82 Å². The number of benzene rings is 1. The molecule has 1 fully saturated rings. The van der Waals surface area contributed by atoms with Crippen LogP contribution in [0.25, 0.3) is 0 Å². The summed E-state index contributed by atoms with van der Waals surface area (Å²) < 4.78 is 14.4. The van der Waals surface area contributed by atoms with Gasteiger partial charge in [0.2, 0.25) is 0 Å². The number of hydrogen-bond acceptors (Lipinski definition) is 3. The van der Waals surface area contributed by atoms with E-state index < -0.39 is 0 Å². The first-order chi connectivity index (χ1) is 9.43. The van der Waals surface area contributed by atoms with Gasteiger partial charge in [-0.05, 0) is 24.1 Å². The van der Waals surface area contributed by atoms with Crippen molar-refractivity contribution in [3.63, 3.8) is 0 Å². The van der Waals surface area contributed by atoms with Gasteiger partial charge in [-0.1, -0.05) is 35.8 Å². The Labute approximate surface area is 133 Å². The van der Waals surface area contributed by atoms with Gasteiger partial charge in [-0.25, -0.2) is 4.39 Å². The highest BCUT2D eigenvalue weighted by atomic mass is 79.9. The lowest BCUT2D eigenvalue weighted by Gasteiger charge is -2.31. The van der Waals surface area contributed by atoms with Crippen molar-refractivity contribution in [2.75, 3.05) is 25.4 Å². The van der Waals surface area contributed by atoms with Gasteiger partial charge < -0.3 is 5.73 Å². The molecule has 1 aliphatic rings. The summed E-state index contributed by atoms with van der Waals surface area (Å²) in [6.07, 6.45) is 1.15. The second-order valence-electron chi connectivity index (χ2n) is 5.81. The first kappa shape index (κ1) is 16.3. The summed E-state index contributed by atoms with van der Waals surface area (Å²) in [4.78, 5) is 2.43. The van der Waals surface area contributed by atoms with Crippen LogP contribution in [-0.2, 0) is 0 Å². The van der Waals surface area contributed by atoms with Crippen molar-refractivity contribution in [2.45, 2.75) is 31.1 Å². The molecule has 2 rings (SSSR count). The van der Waals surface area contributed by atoms with Crippen LogP contribution in [-0.4, -0.2) is 35.0 Å². The first-order valence-electron chi connectivity index (χ1n) is 6.96. The zero-order valence-electron chi connectivity index (χ0n) is 12.0. The average Bonchev–Trinajstić information content (AvgIpc) is 2.54. The van der Waals surface area contributed by atoms with E-state index in [1.807, 2.05) is 17.8 Å². The van der Waals surface area contributed by atoms with Gasteiger partial charge in [0.05, 0.1) is 0 Å². The molecule has 0 spiro atoms. The molecule has 0 amide bonds. The lowest BCUT2D eigenvalue weighted by Crippen LogP contribution is -2.36. The van der Waals surface area contributed by atoms with Crippen LogP contribution in [0.3, 0.4) is 0 Å². The predicted molar refractivity (Wildman–Crippen MR) is 88.6 cm³/mol. The summed E-state index contributed by atoms with van der Waals surface area (Å²) in [6, 6.07) is 5.04. The van der Waals surface area contributed by atoms with E-state index in [9.17, 15) is 4.39 Å². The highest BCUT2D eigenvalue weighted by molar-refractivity contribution is 9.10. The van der Waals surface area contributed by atoms with E-state index in [0.29, 0.717) is 11.3 Å². The van der Waals surface area contributed by atoms with Crippen molar-refractivity contribution in [2.24, 2.45) is 5.73 Å². The number of nitrogens with zero attached hydrogens (tertiary/aromatic N) is 1. The van der Waals surface area contributed by atoms with E-state index in [1.54, 1.807) is 0 Å². The SMILES string of the molecule is CC1(C)CCN(C(CN)c2ccc(F)cc2Br)CCS1. The zero-order valence-corrected chi connectivity index (χ0v) is 14.4. The Bertz CT molecular complexity index is 467. The number of halogens is 2. The summed E-state index contributed by atoms with van der Waals surface area (Å²) in [6.45, 7) is 7.21. The van der Waals surface area contributed by atoms with Gasteiger partial charge in [-0.3, -0.25) is 4.90 Å². The van der Waals surface area contributed by atoms with Gasteiger partial charge in [-0.2, -0.15) is 11.8 Å².